The number of sulfonamides is 1. The molecule has 22 heavy (non-hydrogen) atoms. The number of ketones is 1. The van der Waals surface area contributed by atoms with E-state index in [0.717, 1.165) is 30.2 Å². The first-order valence-corrected chi connectivity index (χ1v) is 9.11. The highest BCUT2D eigenvalue weighted by Crippen LogP contribution is 2.35. The van der Waals surface area contributed by atoms with Crippen LogP contribution >= 0.6 is 0 Å². The molecule has 0 unspecified atom stereocenters. The van der Waals surface area contributed by atoms with E-state index in [4.69, 9.17) is 0 Å². The van der Waals surface area contributed by atoms with Crippen molar-refractivity contribution in [3.05, 3.63) is 41.5 Å². The third-order valence-corrected chi connectivity index (χ3v) is 6.63. The molecule has 1 saturated heterocycles. The minimum absolute atomic E-state index is 0.0770. The van der Waals surface area contributed by atoms with Gasteiger partial charge in [0.25, 0.3) is 0 Å². The summed E-state index contributed by atoms with van der Waals surface area (Å²) in [6.07, 6.45) is 3.29. The Morgan fingerprint density at radius 2 is 1.73 bits per heavy atom. The second-order valence-electron chi connectivity index (χ2n) is 6.02. The summed E-state index contributed by atoms with van der Waals surface area (Å²) in [4.78, 5) is 12.4. The predicted molar refractivity (Wildman–Crippen MR) is 84.6 cm³/mol. The van der Waals surface area contributed by atoms with Crippen LogP contribution in [0.1, 0.15) is 35.2 Å². The molecule has 0 saturated carbocycles. The normalized spacial score (nSPS) is 19.0. The number of hydrogen-bond acceptors (Lipinski definition) is 3. The Morgan fingerprint density at radius 3 is 2.50 bits per heavy atom. The zero-order valence-corrected chi connectivity index (χ0v) is 13.0. The fraction of sp³-hybridized carbons (Fsp3) is 0.353. The molecule has 0 amide bonds. The molecular formula is C17H17NO3S. The lowest BCUT2D eigenvalue weighted by molar-refractivity contribution is 0.1000. The highest BCUT2D eigenvalue weighted by atomic mass is 32.2. The van der Waals surface area contributed by atoms with Gasteiger partial charge in [0, 0.05) is 30.5 Å². The third-order valence-electron chi connectivity index (χ3n) is 4.67. The summed E-state index contributed by atoms with van der Waals surface area (Å²) in [6.45, 7) is 1.17. The molecule has 4 nitrogen and oxygen atoms in total. The molecule has 0 atom stereocenters. The van der Waals surface area contributed by atoms with Gasteiger partial charge in [-0.3, -0.25) is 4.79 Å². The van der Waals surface area contributed by atoms with Gasteiger partial charge in [0.05, 0.1) is 4.90 Å². The Labute approximate surface area is 129 Å². The van der Waals surface area contributed by atoms with Gasteiger partial charge in [0.2, 0.25) is 10.0 Å². The van der Waals surface area contributed by atoms with Crippen molar-refractivity contribution in [2.75, 3.05) is 13.1 Å². The standard InChI is InChI=1S/C17H17NO3S/c19-15-11-12-7-8-16(14-6-4-5-13(15)17(12)14)22(20,21)18-9-2-1-3-10-18/h4-8H,1-3,9-11H2. The summed E-state index contributed by atoms with van der Waals surface area (Å²) in [6, 6.07) is 8.85. The Kier molecular flexibility index (Phi) is 3.09. The van der Waals surface area contributed by atoms with Crippen molar-refractivity contribution >= 4 is 26.6 Å². The maximum absolute atomic E-state index is 13.0. The van der Waals surface area contributed by atoms with Gasteiger partial charge >= 0.3 is 0 Å². The van der Waals surface area contributed by atoms with Crippen LogP contribution in [0.15, 0.2) is 35.2 Å². The number of rotatable bonds is 2. The number of hydrogen-bond donors (Lipinski definition) is 0. The zero-order chi connectivity index (χ0) is 15.3. The van der Waals surface area contributed by atoms with Gasteiger partial charge in [-0.25, -0.2) is 8.42 Å². The van der Waals surface area contributed by atoms with Crippen molar-refractivity contribution in [3.63, 3.8) is 0 Å². The molecule has 1 heterocycles. The van der Waals surface area contributed by atoms with Gasteiger partial charge < -0.3 is 0 Å². The van der Waals surface area contributed by atoms with Crippen LogP contribution in [0.5, 0.6) is 0 Å². The molecule has 0 aromatic heterocycles. The smallest absolute Gasteiger partial charge is 0.243 e. The first kappa shape index (κ1) is 13.9. The first-order valence-electron chi connectivity index (χ1n) is 7.67. The van der Waals surface area contributed by atoms with Gasteiger partial charge in [-0.15, -0.1) is 0 Å². The maximum Gasteiger partial charge on any atom is 0.243 e. The SMILES string of the molecule is O=C1Cc2ccc(S(=O)(=O)N3CCCCC3)c3cccc1c23. The molecule has 0 spiro atoms. The van der Waals surface area contributed by atoms with Crippen molar-refractivity contribution in [3.8, 4) is 0 Å². The van der Waals surface area contributed by atoms with Crippen LogP contribution in [-0.2, 0) is 16.4 Å². The Balaban J connectivity index is 1.94. The highest BCUT2D eigenvalue weighted by Gasteiger charge is 2.30. The van der Waals surface area contributed by atoms with Crippen LogP contribution in [0.3, 0.4) is 0 Å². The van der Waals surface area contributed by atoms with E-state index in [-0.39, 0.29) is 5.78 Å². The lowest BCUT2D eigenvalue weighted by Crippen LogP contribution is -2.35. The van der Waals surface area contributed by atoms with Crippen LogP contribution in [0, 0.1) is 0 Å². The minimum Gasteiger partial charge on any atom is -0.294 e. The summed E-state index contributed by atoms with van der Waals surface area (Å²) < 4.78 is 27.5. The molecule has 0 N–H and O–H groups in total. The fourth-order valence-electron chi connectivity index (χ4n) is 3.57. The predicted octanol–water partition coefficient (Wildman–Crippen LogP) is 2.75. The van der Waals surface area contributed by atoms with Crippen molar-refractivity contribution in [2.45, 2.75) is 30.6 Å². The molecule has 1 fully saturated rings. The molecule has 2 aromatic rings. The number of piperidine rings is 1. The van der Waals surface area contributed by atoms with Crippen molar-refractivity contribution in [1.29, 1.82) is 0 Å². The van der Waals surface area contributed by atoms with E-state index in [1.807, 2.05) is 6.07 Å². The summed E-state index contributed by atoms with van der Waals surface area (Å²) in [7, 11) is -3.49. The fourth-order valence-corrected chi connectivity index (χ4v) is 5.28. The van der Waals surface area contributed by atoms with Crippen molar-refractivity contribution < 1.29 is 13.2 Å². The van der Waals surface area contributed by atoms with Crippen molar-refractivity contribution in [2.24, 2.45) is 0 Å². The van der Waals surface area contributed by atoms with Crippen molar-refractivity contribution in [1.82, 2.24) is 4.31 Å². The first-order chi connectivity index (χ1) is 10.6. The van der Waals surface area contributed by atoms with E-state index in [1.165, 1.54) is 0 Å². The Bertz CT molecular complexity index is 880. The lowest BCUT2D eigenvalue weighted by atomic mass is 10.1. The maximum atomic E-state index is 13.0. The number of nitrogens with zero attached hydrogens (tertiary/aromatic N) is 1. The van der Waals surface area contributed by atoms with Crippen LogP contribution in [0.25, 0.3) is 10.8 Å². The topological polar surface area (TPSA) is 54.5 Å². The average molecular weight is 315 g/mol. The van der Waals surface area contributed by atoms with Gasteiger partial charge in [0.1, 0.15) is 0 Å². The monoisotopic (exact) mass is 315 g/mol. The molecule has 2 aromatic carbocycles. The number of benzene rings is 2. The molecule has 0 bridgehead atoms. The Morgan fingerprint density at radius 1 is 0.955 bits per heavy atom. The van der Waals surface area contributed by atoms with E-state index < -0.39 is 10.0 Å². The lowest BCUT2D eigenvalue weighted by Gasteiger charge is -2.26. The zero-order valence-electron chi connectivity index (χ0n) is 12.2. The molecule has 1 aliphatic carbocycles. The molecule has 4 rings (SSSR count). The Hall–Kier alpha value is -1.72. The van der Waals surface area contributed by atoms with Crippen LogP contribution in [0.2, 0.25) is 0 Å². The molecular weight excluding hydrogens is 298 g/mol. The van der Waals surface area contributed by atoms with E-state index in [9.17, 15) is 13.2 Å². The largest absolute Gasteiger partial charge is 0.294 e. The third kappa shape index (κ3) is 1.92. The van der Waals surface area contributed by atoms with E-state index in [1.54, 1.807) is 28.6 Å². The van der Waals surface area contributed by atoms with Crippen LogP contribution < -0.4 is 0 Å². The number of carbonyl (C=O) groups is 1. The van der Waals surface area contributed by atoms with Crippen LogP contribution in [-0.4, -0.2) is 31.6 Å². The molecule has 1 aliphatic heterocycles. The molecule has 2 aliphatic rings. The van der Waals surface area contributed by atoms with Gasteiger partial charge in [-0.05, 0) is 29.9 Å². The average Bonchev–Trinajstić information content (AvgIpc) is 2.87. The van der Waals surface area contributed by atoms with Gasteiger partial charge in [-0.2, -0.15) is 4.31 Å². The minimum atomic E-state index is -3.49. The second kappa shape index (κ2) is 4.89. The van der Waals surface area contributed by atoms with Crippen LogP contribution in [0.4, 0.5) is 0 Å². The van der Waals surface area contributed by atoms with Gasteiger partial charge in [-0.1, -0.05) is 30.7 Å². The molecule has 0 radical (unpaired) electrons. The second-order valence-corrected chi connectivity index (χ2v) is 7.92. The molecule has 5 heteroatoms. The van der Waals surface area contributed by atoms with E-state index in [0.29, 0.717) is 35.4 Å². The summed E-state index contributed by atoms with van der Waals surface area (Å²) in [5, 5.41) is 1.51. The van der Waals surface area contributed by atoms with Gasteiger partial charge in [0.15, 0.2) is 5.78 Å². The summed E-state index contributed by atoms with van der Waals surface area (Å²) >= 11 is 0. The number of carbonyl (C=O) groups excluding carboxylic acids is 1. The molecule has 114 valence electrons. The highest BCUT2D eigenvalue weighted by molar-refractivity contribution is 7.89. The van der Waals surface area contributed by atoms with E-state index >= 15 is 0 Å². The summed E-state index contributed by atoms with van der Waals surface area (Å²) in [5.74, 6) is 0.0770. The quantitative estimate of drug-likeness (QED) is 0.856. The number of Topliss-reactive ketones (excluding diaryl/α,β-unsaturated/α-hetero) is 1. The van der Waals surface area contributed by atoms with E-state index in [2.05, 4.69) is 0 Å². The summed E-state index contributed by atoms with van der Waals surface area (Å²) in [5.41, 5.74) is 1.59.